The Labute approximate surface area is 143 Å². The first kappa shape index (κ1) is 18.1. The Hall–Kier alpha value is -2.24. The van der Waals surface area contributed by atoms with Crippen LogP contribution in [0.2, 0.25) is 0 Å². The van der Waals surface area contributed by atoms with Gasteiger partial charge in [-0.15, -0.1) is 0 Å². The van der Waals surface area contributed by atoms with Crippen LogP contribution >= 0.6 is 0 Å². The van der Waals surface area contributed by atoms with Crippen LogP contribution < -0.4 is 19.5 Å². The third-order valence-electron chi connectivity index (χ3n) is 3.94. The van der Waals surface area contributed by atoms with Crippen LogP contribution in [-0.4, -0.2) is 33.0 Å². The number of hydrogen-bond donors (Lipinski definition) is 2. The molecule has 1 unspecified atom stereocenters. The Bertz CT molecular complexity index is 672. The Morgan fingerprint density at radius 3 is 2.38 bits per heavy atom. The Kier molecular flexibility index (Phi) is 6.46. The van der Waals surface area contributed by atoms with Crippen molar-refractivity contribution in [2.75, 3.05) is 27.9 Å². The molecular weight excluding hydrogens is 306 g/mol. The van der Waals surface area contributed by atoms with Crippen molar-refractivity contribution in [1.29, 1.82) is 0 Å². The highest BCUT2D eigenvalue weighted by atomic mass is 16.5. The summed E-state index contributed by atoms with van der Waals surface area (Å²) in [5.74, 6) is 2.19. The molecule has 0 aliphatic heterocycles. The Morgan fingerprint density at radius 1 is 0.958 bits per heavy atom. The van der Waals surface area contributed by atoms with Crippen LogP contribution in [0.25, 0.3) is 0 Å². The van der Waals surface area contributed by atoms with Gasteiger partial charge in [0.2, 0.25) is 0 Å². The number of benzene rings is 2. The molecule has 2 N–H and O–H groups in total. The second kappa shape index (κ2) is 8.57. The molecule has 0 aromatic heterocycles. The number of aliphatic hydroxyl groups excluding tert-OH is 1. The molecule has 5 nitrogen and oxygen atoms in total. The molecule has 0 radical (unpaired) electrons. The molecule has 2 aromatic carbocycles. The summed E-state index contributed by atoms with van der Waals surface area (Å²) in [4.78, 5) is 0. The minimum Gasteiger partial charge on any atom is -0.497 e. The van der Waals surface area contributed by atoms with Gasteiger partial charge < -0.3 is 24.6 Å². The monoisotopic (exact) mass is 331 g/mol. The lowest BCUT2D eigenvalue weighted by atomic mass is 10.1. The van der Waals surface area contributed by atoms with Crippen LogP contribution in [0.4, 0.5) is 0 Å². The number of methoxy groups -OCH3 is 3. The highest BCUT2D eigenvalue weighted by Crippen LogP contribution is 2.29. The van der Waals surface area contributed by atoms with Crippen LogP contribution in [0, 0.1) is 6.92 Å². The molecule has 0 aliphatic rings. The van der Waals surface area contributed by atoms with E-state index in [0.29, 0.717) is 30.2 Å². The molecule has 2 aromatic rings. The van der Waals surface area contributed by atoms with E-state index in [9.17, 15) is 5.11 Å². The van der Waals surface area contributed by atoms with Gasteiger partial charge in [0.05, 0.1) is 27.4 Å². The van der Waals surface area contributed by atoms with Crippen LogP contribution in [0.3, 0.4) is 0 Å². The fourth-order valence-corrected chi connectivity index (χ4v) is 2.54. The summed E-state index contributed by atoms with van der Waals surface area (Å²) in [7, 11) is 4.85. The predicted molar refractivity (Wildman–Crippen MR) is 93.9 cm³/mol. The molecule has 0 saturated carbocycles. The number of rotatable bonds is 8. The van der Waals surface area contributed by atoms with Gasteiger partial charge in [-0.3, -0.25) is 0 Å². The maximum Gasteiger partial charge on any atom is 0.124 e. The molecule has 0 fully saturated rings. The maximum absolute atomic E-state index is 10.5. The van der Waals surface area contributed by atoms with Crippen molar-refractivity contribution in [2.24, 2.45) is 0 Å². The number of ether oxygens (including phenoxy) is 3. The lowest BCUT2D eigenvalue weighted by Gasteiger charge is -2.17. The zero-order valence-corrected chi connectivity index (χ0v) is 14.6. The number of hydrogen-bond acceptors (Lipinski definition) is 5. The van der Waals surface area contributed by atoms with E-state index in [0.717, 1.165) is 16.9 Å². The minimum atomic E-state index is -0.692. The molecule has 0 amide bonds. The van der Waals surface area contributed by atoms with Crippen molar-refractivity contribution in [3.63, 3.8) is 0 Å². The third-order valence-corrected chi connectivity index (χ3v) is 3.94. The van der Waals surface area contributed by atoms with E-state index in [1.54, 1.807) is 39.5 Å². The standard InChI is InChI=1S/C19H25NO4/c1-13-5-6-14(9-19(13)24-4)11-20-12-17(21)16-10-15(22-2)7-8-18(16)23-3/h5-10,17,20-21H,11-12H2,1-4H3. The van der Waals surface area contributed by atoms with Crippen LogP contribution in [-0.2, 0) is 6.54 Å². The zero-order chi connectivity index (χ0) is 17.5. The highest BCUT2D eigenvalue weighted by Gasteiger charge is 2.14. The van der Waals surface area contributed by atoms with Crippen LogP contribution in [0.5, 0.6) is 17.2 Å². The SMILES string of the molecule is COc1ccc(OC)c(C(O)CNCc2ccc(C)c(OC)c2)c1. The fraction of sp³-hybridized carbons (Fsp3) is 0.368. The van der Waals surface area contributed by atoms with E-state index in [-0.39, 0.29) is 0 Å². The molecule has 0 bridgehead atoms. The normalized spacial score (nSPS) is 11.9. The first-order chi connectivity index (χ1) is 11.6. The van der Waals surface area contributed by atoms with E-state index in [1.807, 2.05) is 25.1 Å². The molecule has 0 heterocycles. The van der Waals surface area contributed by atoms with Gasteiger partial charge >= 0.3 is 0 Å². The Morgan fingerprint density at radius 2 is 1.71 bits per heavy atom. The second-order valence-electron chi connectivity index (χ2n) is 5.56. The van der Waals surface area contributed by atoms with E-state index in [1.165, 1.54) is 0 Å². The second-order valence-corrected chi connectivity index (χ2v) is 5.56. The van der Waals surface area contributed by atoms with Crippen LogP contribution in [0.1, 0.15) is 22.8 Å². The molecule has 2 rings (SSSR count). The van der Waals surface area contributed by atoms with Crippen molar-refractivity contribution in [1.82, 2.24) is 5.32 Å². The average Bonchev–Trinajstić information content (AvgIpc) is 2.62. The Balaban J connectivity index is 1.99. The molecule has 5 heteroatoms. The van der Waals surface area contributed by atoms with Crippen LogP contribution in [0.15, 0.2) is 36.4 Å². The van der Waals surface area contributed by atoms with Gasteiger partial charge in [0.15, 0.2) is 0 Å². The van der Waals surface area contributed by atoms with Crippen molar-refractivity contribution in [2.45, 2.75) is 19.6 Å². The summed E-state index contributed by atoms with van der Waals surface area (Å²) in [6, 6.07) is 11.5. The molecule has 0 aliphatic carbocycles. The smallest absolute Gasteiger partial charge is 0.124 e. The molecule has 24 heavy (non-hydrogen) atoms. The lowest BCUT2D eigenvalue weighted by Crippen LogP contribution is -2.21. The van der Waals surface area contributed by atoms with Gasteiger partial charge in [-0.05, 0) is 42.3 Å². The van der Waals surface area contributed by atoms with Gasteiger partial charge in [0, 0.05) is 18.7 Å². The summed E-state index contributed by atoms with van der Waals surface area (Å²) >= 11 is 0. The highest BCUT2D eigenvalue weighted by molar-refractivity contribution is 5.42. The van der Waals surface area contributed by atoms with E-state index in [2.05, 4.69) is 5.32 Å². The molecule has 0 spiro atoms. The zero-order valence-electron chi connectivity index (χ0n) is 14.6. The predicted octanol–water partition coefficient (Wildman–Crippen LogP) is 2.84. The fourth-order valence-electron chi connectivity index (χ4n) is 2.54. The van der Waals surface area contributed by atoms with Gasteiger partial charge in [-0.1, -0.05) is 12.1 Å². The summed E-state index contributed by atoms with van der Waals surface area (Å²) in [6.45, 7) is 3.05. The molecule has 0 saturated heterocycles. The first-order valence-corrected chi connectivity index (χ1v) is 7.83. The van der Waals surface area contributed by atoms with Crippen molar-refractivity contribution in [3.05, 3.63) is 53.1 Å². The summed E-state index contributed by atoms with van der Waals surface area (Å²) < 4.78 is 15.9. The molecular formula is C19H25NO4. The van der Waals surface area contributed by atoms with Gasteiger partial charge in [0.1, 0.15) is 17.2 Å². The summed E-state index contributed by atoms with van der Waals surface area (Å²) in [5, 5.41) is 13.7. The van der Waals surface area contributed by atoms with Crippen molar-refractivity contribution < 1.29 is 19.3 Å². The molecule has 1 atom stereocenters. The van der Waals surface area contributed by atoms with E-state index >= 15 is 0 Å². The topological polar surface area (TPSA) is 60.0 Å². The lowest BCUT2D eigenvalue weighted by molar-refractivity contribution is 0.169. The quantitative estimate of drug-likeness (QED) is 0.779. The first-order valence-electron chi connectivity index (χ1n) is 7.83. The third kappa shape index (κ3) is 4.40. The van der Waals surface area contributed by atoms with Crippen molar-refractivity contribution >= 4 is 0 Å². The van der Waals surface area contributed by atoms with Gasteiger partial charge in [-0.25, -0.2) is 0 Å². The number of aliphatic hydroxyl groups is 1. The van der Waals surface area contributed by atoms with Crippen molar-refractivity contribution in [3.8, 4) is 17.2 Å². The van der Waals surface area contributed by atoms with E-state index < -0.39 is 6.10 Å². The van der Waals surface area contributed by atoms with Gasteiger partial charge in [-0.2, -0.15) is 0 Å². The minimum absolute atomic E-state index is 0.402. The van der Waals surface area contributed by atoms with E-state index in [4.69, 9.17) is 14.2 Å². The number of nitrogens with one attached hydrogen (secondary N) is 1. The molecule has 130 valence electrons. The average molecular weight is 331 g/mol. The number of aryl methyl sites for hydroxylation is 1. The maximum atomic E-state index is 10.5. The largest absolute Gasteiger partial charge is 0.497 e. The summed E-state index contributed by atoms with van der Waals surface area (Å²) in [5.41, 5.74) is 2.90. The summed E-state index contributed by atoms with van der Waals surface area (Å²) in [6.07, 6.45) is -0.692. The van der Waals surface area contributed by atoms with Gasteiger partial charge in [0.25, 0.3) is 0 Å².